The molecule has 1 aliphatic carbocycles. The first kappa shape index (κ1) is 12.8. The Labute approximate surface area is 129 Å². The Hall–Kier alpha value is -2.86. The van der Waals surface area contributed by atoms with Crippen LogP contribution in [0.15, 0.2) is 54.6 Å². The van der Waals surface area contributed by atoms with E-state index in [9.17, 15) is 0 Å². The summed E-state index contributed by atoms with van der Waals surface area (Å²) in [5.74, 6) is 1.51. The van der Waals surface area contributed by atoms with E-state index in [1.807, 2.05) is 30.3 Å². The van der Waals surface area contributed by atoms with E-state index in [2.05, 4.69) is 35.7 Å². The van der Waals surface area contributed by atoms with Crippen LogP contribution in [-0.4, -0.2) is 4.98 Å². The standard InChI is InChI=1S/C19H15N3/c20-12-13-5-9-16(10-6-13)21-19-17-4-2-1-3-15(17)11-18(22-19)14-7-8-14/h1-6,9-11,14H,7-8H2,(H,21,22). The van der Waals surface area contributed by atoms with E-state index in [0.717, 1.165) is 16.9 Å². The first-order chi connectivity index (χ1) is 10.8. The zero-order valence-electron chi connectivity index (χ0n) is 12.1. The molecule has 0 spiro atoms. The molecule has 3 nitrogen and oxygen atoms in total. The lowest BCUT2D eigenvalue weighted by molar-refractivity contribution is 1.03. The molecule has 3 aromatic rings. The molecular formula is C19H15N3. The monoisotopic (exact) mass is 285 g/mol. The fraction of sp³-hybridized carbons (Fsp3) is 0.158. The van der Waals surface area contributed by atoms with Crippen molar-refractivity contribution in [2.45, 2.75) is 18.8 Å². The Kier molecular flexibility index (Phi) is 3.01. The van der Waals surface area contributed by atoms with Gasteiger partial charge in [0.15, 0.2) is 0 Å². The third-order valence-electron chi connectivity index (χ3n) is 4.03. The predicted octanol–water partition coefficient (Wildman–Crippen LogP) is 4.73. The summed E-state index contributed by atoms with van der Waals surface area (Å²) in [5, 5.41) is 14.6. The Morgan fingerprint density at radius 2 is 1.82 bits per heavy atom. The van der Waals surface area contributed by atoms with Gasteiger partial charge in [-0.1, -0.05) is 24.3 Å². The molecule has 0 aliphatic heterocycles. The van der Waals surface area contributed by atoms with Gasteiger partial charge in [-0.25, -0.2) is 4.98 Å². The predicted molar refractivity (Wildman–Crippen MR) is 88.2 cm³/mol. The second-order valence-electron chi connectivity index (χ2n) is 5.71. The van der Waals surface area contributed by atoms with Crippen LogP contribution >= 0.6 is 0 Å². The number of pyridine rings is 1. The lowest BCUT2D eigenvalue weighted by atomic mass is 10.1. The van der Waals surface area contributed by atoms with Crippen molar-refractivity contribution in [3.05, 3.63) is 65.9 Å². The maximum Gasteiger partial charge on any atom is 0.138 e. The lowest BCUT2D eigenvalue weighted by Crippen LogP contribution is -1.98. The average molecular weight is 285 g/mol. The van der Waals surface area contributed by atoms with E-state index in [4.69, 9.17) is 10.2 Å². The number of nitriles is 1. The van der Waals surface area contributed by atoms with Gasteiger partial charge in [-0.15, -0.1) is 0 Å². The van der Waals surface area contributed by atoms with E-state index in [1.54, 1.807) is 0 Å². The number of anilines is 2. The number of fused-ring (bicyclic) bond motifs is 1. The minimum Gasteiger partial charge on any atom is -0.340 e. The third-order valence-corrected chi connectivity index (χ3v) is 4.03. The summed E-state index contributed by atoms with van der Waals surface area (Å²) in [6.45, 7) is 0. The smallest absolute Gasteiger partial charge is 0.138 e. The molecule has 1 saturated carbocycles. The number of aromatic nitrogens is 1. The molecule has 1 N–H and O–H groups in total. The second kappa shape index (κ2) is 5.16. The Morgan fingerprint density at radius 1 is 1.05 bits per heavy atom. The van der Waals surface area contributed by atoms with Crippen molar-refractivity contribution in [2.24, 2.45) is 0 Å². The van der Waals surface area contributed by atoms with Gasteiger partial charge in [0.1, 0.15) is 5.82 Å². The van der Waals surface area contributed by atoms with Crippen molar-refractivity contribution < 1.29 is 0 Å². The molecule has 1 aliphatic rings. The first-order valence-electron chi connectivity index (χ1n) is 7.50. The van der Waals surface area contributed by atoms with E-state index in [-0.39, 0.29) is 0 Å². The summed E-state index contributed by atoms with van der Waals surface area (Å²) in [6.07, 6.45) is 2.48. The van der Waals surface area contributed by atoms with E-state index >= 15 is 0 Å². The topological polar surface area (TPSA) is 48.7 Å². The molecule has 106 valence electrons. The number of nitrogens with zero attached hydrogens (tertiary/aromatic N) is 2. The molecule has 0 unspecified atom stereocenters. The largest absolute Gasteiger partial charge is 0.340 e. The lowest BCUT2D eigenvalue weighted by Gasteiger charge is -2.11. The highest BCUT2D eigenvalue weighted by atomic mass is 15.0. The maximum absolute atomic E-state index is 8.88. The molecule has 1 fully saturated rings. The number of hydrogen-bond donors (Lipinski definition) is 1. The van der Waals surface area contributed by atoms with Crippen LogP contribution in [0.3, 0.4) is 0 Å². The van der Waals surface area contributed by atoms with Crippen LogP contribution in [0.4, 0.5) is 11.5 Å². The fourth-order valence-corrected chi connectivity index (χ4v) is 2.67. The molecule has 1 heterocycles. The summed E-state index contributed by atoms with van der Waals surface area (Å²) < 4.78 is 0. The van der Waals surface area contributed by atoms with Gasteiger partial charge in [-0.3, -0.25) is 0 Å². The number of nitrogens with one attached hydrogen (secondary N) is 1. The van der Waals surface area contributed by atoms with Crippen molar-refractivity contribution >= 4 is 22.3 Å². The van der Waals surface area contributed by atoms with Gasteiger partial charge >= 0.3 is 0 Å². The Morgan fingerprint density at radius 3 is 2.55 bits per heavy atom. The summed E-state index contributed by atoms with van der Waals surface area (Å²) in [6, 6.07) is 20.1. The third kappa shape index (κ3) is 2.40. The molecule has 22 heavy (non-hydrogen) atoms. The van der Waals surface area contributed by atoms with Crippen LogP contribution < -0.4 is 5.32 Å². The van der Waals surface area contributed by atoms with Crippen molar-refractivity contribution in [1.82, 2.24) is 4.98 Å². The number of benzene rings is 2. The number of rotatable bonds is 3. The van der Waals surface area contributed by atoms with Crippen LogP contribution in [0.2, 0.25) is 0 Å². The van der Waals surface area contributed by atoms with Crippen LogP contribution in [0.1, 0.15) is 30.0 Å². The summed E-state index contributed by atoms with van der Waals surface area (Å²) in [5.41, 5.74) is 2.79. The highest BCUT2D eigenvalue weighted by Crippen LogP contribution is 2.41. The van der Waals surface area contributed by atoms with Crippen LogP contribution in [-0.2, 0) is 0 Å². The second-order valence-corrected chi connectivity index (χ2v) is 5.71. The SMILES string of the molecule is N#Cc1ccc(Nc2nc(C3CC3)cc3ccccc23)cc1. The minimum absolute atomic E-state index is 0.617. The van der Waals surface area contributed by atoms with Gasteiger partial charge in [0.2, 0.25) is 0 Å². The van der Waals surface area contributed by atoms with E-state index in [0.29, 0.717) is 11.5 Å². The normalized spacial score (nSPS) is 13.8. The molecule has 3 heteroatoms. The first-order valence-corrected chi connectivity index (χ1v) is 7.50. The van der Waals surface area contributed by atoms with Gasteiger partial charge in [0.25, 0.3) is 0 Å². The van der Waals surface area contributed by atoms with Gasteiger partial charge in [-0.05, 0) is 48.6 Å². The minimum atomic E-state index is 0.617. The zero-order valence-corrected chi connectivity index (χ0v) is 12.1. The quantitative estimate of drug-likeness (QED) is 0.757. The average Bonchev–Trinajstić information content (AvgIpc) is 3.40. The molecule has 0 amide bonds. The van der Waals surface area contributed by atoms with Crippen molar-refractivity contribution in [3.8, 4) is 6.07 Å². The van der Waals surface area contributed by atoms with Crippen molar-refractivity contribution in [1.29, 1.82) is 5.26 Å². The summed E-state index contributed by atoms with van der Waals surface area (Å²) >= 11 is 0. The van der Waals surface area contributed by atoms with Crippen LogP contribution in [0.25, 0.3) is 10.8 Å². The molecule has 0 radical (unpaired) electrons. The maximum atomic E-state index is 8.88. The van der Waals surface area contributed by atoms with Gasteiger partial charge in [0.05, 0.1) is 11.6 Å². The highest BCUT2D eigenvalue weighted by Gasteiger charge is 2.25. The number of hydrogen-bond acceptors (Lipinski definition) is 3. The van der Waals surface area contributed by atoms with Crippen molar-refractivity contribution in [3.63, 3.8) is 0 Å². The van der Waals surface area contributed by atoms with Gasteiger partial charge in [-0.2, -0.15) is 5.26 Å². The molecule has 1 aromatic heterocycles. The van der Waals surface area contributed by atoms with Gasteiger partial charge < -0.3 is 5.32 Å². The molecule has 0 bridgehead atoms. The molecule has 0 saturated heterocycles. The van der Waals surface area contributed by atoms with E-state index < -0.39 is 0 Å². The van der Waals surface area contributed by atoms with Gasteiger partial charge in [0, 0.05) is 22.7 Å². The van der Waals surface area contributed by atoms with Crippen LogP contribution in [0.5, 0.6) is 0 Å². The molecule has 2 aromatic carbocycles. The Balaban J connectivity index is 1.77. The fourth-order valence-electron chi connectivity index (χ4n) is 2.67. The zero-order chi connectivity index (χ0) is 14.9. The summed E-state index contributed by atoms with van der Waals surface area (Å²) in [7, 11) is 0. The van der Waals surface area contributed by atoms with E-state index in [1.165, 1.54) is 23.9 Å². The Bertz CT molecular complexity index is 871. The van der Waals surface area contributed by atoms with Crippen molar-refractivity contribution in [2.75, 3.05) is 5.32 Å². The molecular weight excluding hydrogens is 270 g/mol. The summed E-state index contributed by atoms with van der Waals surface area (Å²) in [4.78, 5) is 4.82. The highest BCUT2D eigenvalue weighted by molar-refractivity contribution is 5.93. The molecule has 4 rings (SSSR count). The van der Waals surface area contributed by atoms with Crippen LogP contribution in [0, 0.1) is 11.3 Å². The molecule has 0 atom stereocenters.